The third-order valence-electron chi connectivity index (χ3n) is 5.19. The molecule has 164 valence electrons. The highest BCUT2D eigenvalue weighted by Crippen LogP contribution is 2.19. The van der Waals surface area contributed by atoms with E-state index in [-0.39, 0.29) is 47.4 Å². The lowest BCUT2D eigenvalue weighted by molar-refractivity contribution is -0.146. The van der Waals surface area contributed by atoms with Crippen molar-refractivity contribution in [2.24, 2.45) is 10.9 Å². The standard InChI is InChI=1S/C22H36N4O2.HI/c1-6-23-21(26-14-12-19(13-15-26)20(27)28-5)24-16-22(3,4)25-17(2)18-10-8-7-9-11-18;/h7-11,17,19,25H,6,12-16H2,1-5H3,(H,23,24);1H. The molecule has 0 amide bonds. The van der Waals surface area contributed by atoms with Crippen LogP contribution in [0.1, 0.15) is 52.1 Å². The topological polar surface area (TPSA) is 66.0 Å². The normalized spacial score (nSPS) is 16.7. The Labute approximate surface area is 192 Å². The maximum atomic E-state index is 11.8. The molecule has 1 heterocycles. The number of benzene rings is 1. The van der Waals surface area contributed by atoms with Gasteiger partial charge in [-0.25, -0.2) is 0 Å². The predicted molar refractivity (Wildman–Crippen MR) is 130 cm³/mol. The zero-order valence-corrected chi connectivity index (χ0v) is 20.7. The fourth-order valence-corrected chi connectivity index (χ4v) is 3.65. The van der Waals surface area contributed by atoms with Crippen molar-refractivity contribution in [3.8, 4) is 0 Å². The smallest absolute Gasteiger partial charge is 0.308 e. The highest BCUT2D eigenvalue weighted by molar-refractivity contribution is 14.0. The van der Waals surface area contributed by atoms with Gasteiger partial charge in [-0.3, -0.25) is 9.79 Å². The summed E-state index contributed by atoms with van der Waals surface area (Å²) in [5.74, 6) is 0.837. The molecule has 0 bridgehead atoms. The highest BCUT2D eigenvalue weighted by Gasteiger charge is 2.27. The van der Waals surface area contributed by atoms with Crippen molar-refractivity contribution >= 4 is 35.9 Å². The minimum Gasteiger partial charge on any atom is -0.469 e. The van der Waals surface area contributed by atoms with E-state index in [1.165, 1.54) is 12.7 Å². The molecule has 2 N–H and O–H groups in total. The summed E-state index contributed by atoms with van der Waals surface area (Å²) in [7, 11) is 1.46. The number of hydrogen-bond donors (Lipinski definition) is 2. The lowest BCUT2D eigenvalue weighted by atomic mass is 9.97. The number of carbonyl (C=O) groups excluding carboxylic acids is 1. The van der Waals surface area contributed by atoms with Gasteiger partial charge in [-0.15, -0.1) is 24.0 Å². The Morgan fingerprint density at radius 3 is 2.45 bits per heavy atom. The second-order valence-corrected chi connectivity index (χ2v) is 8.12. The van der Waals surface area contributed by atoms with Gasteiger partial charge >= 0.3 is 5.97 Å². The van der Waals surface area contributed by atoms with Crippen LogP contribution in [0.2, 0.25) is 0 Å². The van der Waals surface area contributed by atoms with Crippen molar-refractivity contribution in [1.29, 1.82) is 0 Å². The van der Waals surface area contributed by atoms with Gasteiger partial charge < -0.3 is 20.3 Å². The van der Waals surface area contributed by atoms with Gasteiger partial charge in [-0.1, -0.05) is 30.3 Å². The molecule has 2 rings (SSSR count). The van der Waals surface area contributed by atoms with Crippen molar-refractivity contribution in [1.82, 2.24) is 15.5 Å². The Bertz CT molecular complexity index is 643. The van der Waals surface area contributed by atoms with Gasteiger partial charge in [0.2, 0.25) is 0 Å². The summed E-state index contributed by atoms with van der Waals surface area (Å²) in [6.07, 6.45) is 1.62. The number of methoxy groups -OCH3 is 1. The number of carbonyl (C=O) groups is 1. The van der Waals surface area contributed by atoms with Crippen molar-refractivity contribution < 1.29 is 9.53 Å². The number of guanidine groups is 1. The van der Waals surface area contributed by atoms with E-state index in [0.717, 1.165) is 38.4 Å². The van der Waals surface area contributed by atoms with Gasteiger partial charge in [0.15, 0.2) is 5.96 Å². The molecular formula is C22H37IN4O2. The maximum absolute atomic E-state index is 11.8. The minimum absolute atomic E-state index is 0. The van der Waals surface area contributed by atoms with E-state index in [9.17, 15) is 4.79 Å². The van der Waals surface area contributed by atoms with Gasteiger partial charge in [0, 0.05) is 31.2 Å². The highest BCUT2D eigenvalue weighted by atomic mass is 127. The van der Waals surface area contributed by atoms with Crippen molar-refractivity contribution in [2.45, 2.75) is 52.1 Å². The van der Waals surface area contributed by atoms with Gasteiger partial charge in [0.1, 0.15) is 0 Å². The van der Waals surface area contributed by atoms with Crippen LogP contribution < -0.4 is 10.6 Å². The second-order valence-electron chi connectivity index (χ2n) is 8.12. The Morgan fingerprint density at radius 1 is 1.28 bits per heavy atom. The number of hydrogen-bond acceptors (Lipinski definition) is 4. The number of ether oxygens (including phenoxy) is 1. The summed E-state index contributed by atoms with van der Waals surface area (Å²) >= 11 is 0. The molecule has 1 unspecified atom stereocenters. The average molecular weight is 516 g/mol. The minimum atomic E-state index is -0.139. The van der Waals surface area contributed by atoms with Crippen molar-refractivity contribution in [3.63, 3.8) is 0 Å². The third-order valence-corrected chi connectivity index (χ3v) is 5.19. The molecular weight excluding hydrogens is 479 g/mol. The second kappa shape index (κ2) is 12.4. The van der Waals surface area contributed by atoms with Crippen LogP contribution in [0, 0.1) is 5.92 Å². The first-order valence-electron chi connectivity index (χ1n) is 10.3. The fourth-order valence-electron chi connectivity index (χ4n) is 3.65. The maximum Gasteiger partial charge on any atom is 0.308 e. The van der Waals surface area contributed by atoms with E-state index in [2.05, 4.69) is 67.5 Å². The summed E-state index contributed by atoms with van der Waals surface area (Å²) in [5.41, 5.74) is 1.14. The van der Waals surface area contributed by atoms with Crippen LogP contribution in [-0.2, 0) is 9.53 Å². The number of halogens is 1. The molecule has 1 aromatic rings. The number of esters is 1. The number of nitrogens with one attached hydrogen (secondary N) is 2. The first-order chi connectivity index (χ1) is 13.4. The average Bonchev–Trinajstić information content (AvgIpc) is 2.71. The summed E-state index contributed by atoms with van der Waals surface area (Å²) in [4.78, 5) is 18.9. The Balaban J connectivity index is 0.00000420. The van der Waals surface area contributed by atoms with Crippen LogP contribution in [-0.4, -0.2) is 55.7 Å². The Morgan fingerprint density at radius 2 is 1.90 bits per heavy atom. The monoisotopic (exact) mass is 516 g/mol. The van der Waals surface area contributed by atoms with Gasteiger partial charge in [0.25, 0.3) is 0 Å². The van der Waals surface area contributed by atoms with Crippen LogP contribution in [0.5, 0.6) is 0 Å². The molecule has 7 heteroatoms. The SMILES string of the molecule is CCNC(=NCC(C)(C)NC(C)c1ccccc1)N1CCC(C(=O)OC)CC1.I. The summed E-state index contributed by atoms with van der Waals surface area (Å²) in [6, 6.07) is 10.7. The van der Waals surface area contributed by atoms with Gasteiger partial charge in [0.05, 0.1) is 19.6 Å². The predicted octanol–water partition coefficient (Wildman–Crippen LogP) is 3.58. The number of piperidine rings is 1. The fraction of sp³-hybridized carbons (Fsp3) is 0.636. The molecule has 1 aromatic carbocycles. The lowest BCUT2D eigenvalue weighted by Crippen LogP contribution is -2.48. The lowest BCUT2D eigenvalue weighted by Gasteiger charge is -2.34. The quantitative estimate of drug-likeness (QED) is 0.251. The van der Waals surface area contributed by atoms with E-state index in [1.807, 2.05) is 6.07 Å². The molecule has 0 spiro atoms. The largest absolute Gasteiger partial charge is 0.469 e. The van der Waals surface area contributed by atoms with E-state index in [1.54, 1.807) is 0 Å². The van der Waals surface area contributed by atoms with Gasteiger partial charge in [-0.2, -0.15) is 0 Å². The van der Waals surface area contributed by atoms with Crippen LogP contribution in [0.4, 0.5) is 0 Å². The van der Waals surface area contributed by atoms with Crippen LogP contribution >= 0.6 is 24.0 Å². The third kappa shape index (κ3) is 8.12. The molecule has 1 fully saturated rings. The van der Waals surface area contributed by atoms with Gasteiger partial charge in [-0.05, 0) is 46.1 Å². The van der Waals surface area contributed by atoms with Crippen molar-refractivity contribution in [2.75, 3.05) is 33.3 Å². The Kier molecular flexibility index (Phi) is 11.0. The number of aliphatic imine (C=N–C) groups is 1. The molecule has 1 atom stereocenters. The Hall–Kier alpha value is -1.35. The molecule has 0 radical (unpaired) electrons. The zero-order valence-electron chi connectivity index (χ0n) is 18.4. The summed E-state index contributed by atoms with van der Waals surface area (Å²) < 4.78 is 4.89. The molecule has 1 aliphatic rings. The first kappa shape index (κ1) is 25.7. The van der Waals surface area contributed by atoms with Crippen LogP contribution in [0.3, 0.4) is 0 Å². The molecule has 0 saturated carbocycles. The van der Waals surface area contributed by atoms with Crippen LogP contribution in [0.25, 0.3) is 0 Å². The van der Waals surface area contributed by atoms with Crippen LogP contribution in [0.15, 0.2) is 35.3 Å². The van der Waals surface area contributed by atoms with E-state index in [4.69, 9.17) is 9.73 Å². The molecule has 1 saturated heterocycles. The molecule has 0 aliphatic carbocycles. The number of likely N-dealkylation sites (tertiary alicyclic amines) is 1. The van der Waals surface area contributed by atoms with E-state index in [0.29, 0.717) is 6.54 Å². The molecule has 6 nitrogen and oxygen atoms in total. The zero-order chi connectivity index (χ0) is 20.6. The summed E-state index contributed by atoms with van der Waals surface area (Å²) in [6.45, 7) is 11.8. The molecule has 29 heavy (non-hydrogen) atoms. The number of nitrogens with zero attached hydrogens (tertiary/aromatic N) is 2. The molecule has 0 aromatic heterocycles. The van der Waals surface area contributed by atoms with E-state index < -0.39 is 0 Å². The van der Waals surface area contributed by atoms with Crippen molar-refractivity contribution in [3.05, 3.63) is 35.9 Å². The summed E-state index contributed by atoms with van der Waals surface area (Å²) in [5, 5.41) is 7.09. The number of rotatable bonds is 7. The van der Waals surface area contributed by atoms with E-state index >= 15 is 0 Å². The first-order valence-corrected chi connectivity index (χ1v) is 10.3. The molecule has 1 aliphatic heterocycles.